The lowest BCUT2D eigenvalue weighted by molar-refractivity contribution is -0.113. The summed E-state index contributed by atoms with van der Waals surface area (Å²) >= 11 is 1.11. The first-order chi connectivity index (χ1) is 14.9. The third-order valence-electron chi connectivity index (χ3n) is 4.37. The maximum absolute atomic E-state index is 13.7. The van der Waals surface area contributed by atoms with E-state index < -0.39 is 23.6 Å². The number of hydrogen-bond donors (Lipinski definition) is 2. The fourth-order valence-electron chi connectivity index (χ4n) is 2.87. The first-order valence-electron chi connectivity index (χ1n) is 9.55. The van der Waals surface area contributed by atoms with Crippen LogP contribution in [0.4, 0.5) is 14.5 Å². The number of nitrogens with one attached hydrogen (secondary N) is 2. The van der Waals surface area contributed by atoms with Gasteiger partial charge in [0.25, 0.3) is 5.91 Å². The first kappa shape index (κ1) is 22.4. The molecular weight excluding hydrogens is 424 g/mol. The molecule has 31 heavy (non-hydrogen) atoms. The molecule has 1 aromatic heterocycles. The number of benzene rings is 2. The molecule has 0 aliphatic heterocycles. The minimum absolute atomic E-state index is 0.0706. The average Bonchev–Trinajstić information content (AvgIpc) is 3.18. The number of rotatable bonds is 8. The Bertz CT molecular complexity index is 1070. The van der Waals surface area contributed by atoms with Crippen LogP contribution in [0.2, 0.25) is 0 Å². The van der Waals surface area contributed by atoms with Gasteiger partial charge in [0.05, 0.1) is 17.5 Å². The fraction of sp³-hybridized carbons (Fsp3) is 0.238. The summed E-state index contributed by atoms with van der Waals surface area (Å²) in [6.45, 7) is 4.21. The number of nitrogens with zero attached hydrogens (tertiary/aromatic N) is 3. The zero-order chi connectivity index (χ0) is 22.4. The van der Waals surface area contributed by atoms with Crippen LogP contribution in [0.1, 0.15) is 36.1 Å². The number of thioether (sulfide) groups is 1. The predicted molar refractivity (Wildman–Crippen MR) is 114 cm³/mol. The van der Waals surface area contributed by atoms with Crippen LogP contribution in [0.3, 0.4) is 0 Å². The van der Waals surface area contributed by atoms with Crippen LogP contribution >= 0.6 is 11.8 Å². The zero-order valence-corrected chi connectivity index (χ0v) is 17.7. The lowest BCUT2D eigenvalue weighted by atomic mass is 10.2. The largest absolute Gasteiger partial charge is 0.342 e. The molecular formula is C21H21F2N5O2S. The topological polar surface area (TPSA) is 88.9 Å². The van der Waals surface area contributed by atoms with Crippen LogP contribution in [0.5, 0.6) is 0 Å². The second kappa shape index (κ2) is 10.2. The van der Waals surface area contributed by atoms with Gasteiger partial charge in [-0.25, -0.2) is 8.78 Å². The standard InChI is InChI=1S/C21H21F2N5O2S/c1-3-28-19(13(2)24-20(30)14-7-5-4-6-8-14)26-27-21(28)31-12-18(29)25-17-11-15(22)9-10-16(17)23/h4-11,13H,3,12H2,1-2H3,(H,24,30)(H,25,29). The summed E-state index contributed by atoms with van der Waals surface area (Å²) in [7, 11) is 0. The summed E-state index contributed by atoms with van der Waals surface area (Å²) in [5, 5.41) is 14.0. The van der Waals surface area contributed by atoms with E-state index in [0.717, 1.165) is 30.0 Å². The first-order valence-corrected chi connectivity index (χ1v) is 10.5. The van der Waals surface area contributed by atoms with Crippen LogP contribution in [-0.2, 0) is 11.3 Å². The number of carbonyl (C=O) groups excluding carboxylic acids is 2. The highest BCUT2D eigenvalue weighted by Crippen LogP contribution is 2.22. The average molecular weight is 445 g/mol. The van der Waals surface area contributed by atoms with Crippen molar-refractivity contribution in [2.75, 3.05) is 11.1 Å². The predicted octanol–water partition coefficient (Wildman–Crippen LogP) is 3.80. The highest BCUT2D eigenvalue weighted by Gasteiger charge is 2.20. The molecule has 2 aromatic carbocycles. The van der Waals surface area contributed by atoms with Gasteiger partial charge in [0.15, 0.2) is 11.0 Å². The second-order valence-corrected chi connectivity index (χ2v) is 7.55. The summed E-state index contributed by atoms with van der Waals surface area (Å²) in [5.41, 5.74) is 0.313. The fourth-order valence-corrected chi connectivity index (χ4v) is 3.68. The lowest BCUT2D eigenvalue weighted by Gasteiger charge is -2.15. The Labute approximate surface area is 182 Å². The molecule has 7 nitrogen and oxygen atoms in total. The monoisotopic (exact) mass is 445 g/mol. The quantitative estimate of drug-likeness (QED) is 0.515. The molecule has 0 aliphatic carbocycles. The van der Waals surface area contributed by atoms with Crippen LogP contribution < -0.4 is 10.6 Å². The molecule has 0 radical (unpaired) electrons. The molecule has 3 rings (SSSR count). The summed E-state index contributed by atoms with van der Waals surface area (Å²) in [5.74, 6) is -1.63. The molecule has 0 saturated carbocycles. The molecule has 10 heteroatoms. The Kier molecular flexibility index (Phi) is 7.35. The van der Waals surface area contributed by atoms with Crippen LogP contribution in [0, 0.1) is 11.6 Å². The number of anilines is 1. The SMILES string of the molecule is CCn1c(SCC(=O)Nc2cc(F)ccc2F)nnc1C(C)NC(=O)c1ccccc1. The molecule has 0 spiro atoms. The van der Waals surface area contributed by atoms with E-state index in [0.29, 0.717) is 23.1 Å². The highest BCUT2D eigenvalue weighted by molar-refractivity contribution is 7.99. The van der Waals surface area contributed by atoms with Gasteiger partial charge in [-0.1, -0.05) is 30.0 Å². The summed E-state index contributed by atoms with van der Waals surface area (Å²) in [6, 6.07) is 11.3. The van der Waals surface area contributed by atoms with Crippen LogP contribution in [0.15, 0.2) is 53.7 Å². The number of halogens is 2. The highest BCUT2D eigenvalue weighted by atomic mass is 32.2. The molecule has 1 heterocycles. The molecule has 3 aromatic rings. The van der Waals surface area contributed by atoms with Gasteiger partial charge in [-0.15, -0.1) is 10.2 Å². The van der Waals surface area contributed by atoms with E-state index in [-0.39, 0.29) is 17.3 Å². The maximum atomic E-state index is 13.7. The van der Waals surface area contributed by atoms with Gasteiger partial charge in [-0.05, 0) is 38.1 Å². The lowest BCUT2D eigenvalue weighted by Crippen LogP contribution is -2.28. The minimum Gasteiger partial charge on any atom is -0.342 e. The Morgan fingerprint density at radius 2 is 1.87 bits per heavy atom. The van der Waals surface area contributed by atoms with Gasteiger partial charge in [0.2, 0.25) is 5.91 Å². The summed E-state index contributed by atoms with van der Waals surface area (Å²) in [6.07, 6.45) is 0. The van der Waals surface area contributed by atoms with Crippen molar-refractivity contribution >= 4 is 29.3 Å². The van der Waals surface area contributed by atoms with E-state index in [1.54, 1.807) is 35.8 Å². The van der Waals surface area contributed by atoms with Gasteiger partial charge in [-0.3, -0.25) is 9.59 Å². The van der Waals surface area contributed by atoms with E-state index in [9.17, 15) is 18.4 Å². The molecule has 0 saturated heterocycles. The summed E-state index contributed by atoms with van der Waals surface area (Å²) in [4.78, 5) is 24.5. The van der Waals surface area contributed by atoms with Gasteiger partial charge in [0, 0.05) is 18.2 Å². The van der Waals surface area contributed by atoms with E-state index in [4.69, 9.17) is 0 Å². The zero-order valence-electron chi connectivity index (χ0n) is 16.9. The van der Waals surface area contributed by atoms with Gasteiger partial charge < -0.3 is 15.2 Å². The third kappa shape index (κ3) is 5.66. The van der Waals surface area contributed by atoms with E-state index >= 15 is 0 Å². The van der Waals surface area contributed by atoms with E-state index in [2.05, 4.69) is 20.8 Å². The number of carbonyl (C=O) groups is 2. The number of amides is 2. The normalized spacial score (nSPS) is 11.7. The summed E-state index contributed by atoms with van der Waals surface area (Å²) < 4.78 is 28.7. The molecule has 162 valence electrons. The van der Waals surface area contributed by atoms with Crippen molar-refractivity contribution in [2.24, 2.45) is 0 Å². The molecule has 1 atom stereocenters. The Hall–Kier alpha value is -3.27. The third-order valence-corrected chi connectivity index (χ3v) is 5.33. The molecule has 0 bridgehead atoms. The van der Waals surface area contributed by atoms with E-state index in [1.807, 2.05) is 13.0 Å². The van der Waals surface area contributed by atoms with Gasteiger partial charge in [0.1, 0.15) is 11.6 Å². The van der Waals surface area contributed by atoms with Crippen molar-refractivity contribution in [3.05, 3.63) is 71.6 Å². The van der Waals surface area contributed by atoms with Crippen molar-refractivity contribution < 1.29 is 18.4 Å². The number of hydrogen-bond acceptors (Lipinski definition) is 5. The Morgan fingerprint density at radius 3 is 2.58 bits per heavy atom. The second-order valence-electron chi connectivity index (χ2n) is 6.61. The molecule has 2 N–H and O–H groups in total. The van der Waals surface area contributed by atoms with Crippen molar-refractivity contribution in [3.63, 3.8) is 0 Å². The van der Waals surface area contributed by atoms with E-state index in [1.165, 1.54) is 0 Å². The van der Waals surface area contributed by atoms with Crippen molar-refractivity contribution in [3.8, 4) is 0 Å². The Morgan fingerprint density at radius 1 is 1.13 bits per heavy atom. The molecule has 2 amide bonds. The van der Waals surface area contributed by atoms with Crippen molar-refractivity contribution in [1.29, 1.82) is 0 Å². The van der Waals surface area contributed by atoms with Crippen LogP contribution in [-0.4, -0.2) is 32.3 Å². The van der Waals surface area contributed by atoms with Crippen LogP contribution in [0.25, 0.3) is 0 Å². The van der Waals surface area contributed by atoms with Gasteiger partial charge >= 0.3 is 0 Å². The molecule has 1 unspecified atom stereocenters. The van der Waals surface area contributed by atoms with Crippen molar-refractivity contribution in [2.45, 2.75) is 31.6 Å². The van der Waals surface area contributed by atoms with Gasteiger partial charge in [-0.2, -0.15) is 0 Å². The molecule has 0 aliphatic rings. The number of aromatic nitrogens is 3. The smallest absolute Gasteiger partial charge is 0.251 e. The van der Waals surface area contributed by atoms with Crippen molar-refractivity contribution in [1.82, 2.24) is 20.1 Å². The minimum atomic E-state index is -0.721. The maximum Gasteiger partial charge on any atom is 0.251 e. The Balaban J connectivity index is 1.63. The molecule has 0 fully saturated rings.